The predicted octanol–water partition coefficient (Wildman–Crippen LogP) is 0.724. The van der Waals surface area contributed by atoms with E-state index in [2.05, 4.69) is 10.4 Å². The van der Waals surface area contributed by atoms with E-state index in [1.165, 1.54) is 0 Å². The van der Waals surface area contributed by atoms with Crippen LogP contribution in [-0.2, 0) is 17.5 Å². The number of nitrogens with zero attached hydrogens (tertiary/aromatic N) is 3. The van der Waals surface area contributed by atoms with Crippen LogP contribution in [0.5, 0.6) is 0 Å². The smallest absolute Gasteiger partial charge is 0.340 e. The summed E-state index contributed by atoms with van der Waals surface area (Å²) in [5.41, 5.74) is -0.835. The van der Waals surface area contributed by atoms with Crippen LogP contribution in [0.1, 0.15) is 12.0 Å². The van der Waals surface area contributed by atoms with Crippen molar-refractivity contribution in [3.8, 4) is 0 Å². The van der Waals surface area contributed by atoms with E-state index in [1.54, 1.807) is 4.90 Å². The molecule has 2 heterocycles. The molecule has 8 heteroatoms. The van der Waals surface area contributed by atoms with Crippen molar-refractivity contribution in [3.05, 3.63) is 18.0 Å². The zero-order chi connectivity index (χ0) is 13.9. The van der Waals surface area contributed by atoms with Gasteiger partial charge in [0, 0.05) is 25.8 Å². The minimum Gasteiger partial charge on any atom is -0.340 e. The summed E-state index contributed by atoms with van der Waals surface area (Å²) >= 11 is 0. The second-order valence-electron chi connectivity index (χ2n) is 4.41. The van der Waals surface area contributed by atoms with E-state index in [9.17, 15) is 18.0 Å². The van der Waals surface area contributed by atoms with Crippen molar-refractivity contribution in [2.24, 2.45) is 0 Å². The molecule has 0 radical (unpaired) electrons. The quantitative estimate of drug-likeness (QED) is 0.866. The van der Waals surface area contributed by atoms with E-state index in [0.717, 1.165) is 30.0 Å². The molecule has 2 rings (SSSR count). The fraction of sp³-hybridized carbons (Fsp3) is 0.636. The topological polar surface area (TPSA) is 50.2 Å². The molecule has 0 aliphatic carbocycles. The Morgan fingerprint density at radius 2 is 2.16 bits per heavy atom. The lowest BCUT2D eigenvalue weighted by Crippen LogP contribution is -2.36. The van der Waals surface area contributed by atoms with E-state index >= 15 is 0 Å². The van der Waals surface area contributed by atoms with Gasteiger partial charge in [0.2, 0.25) is 5.91 Å². The van der Waals surface area contributed by atoms with Gasteiger partial charge in [-0.1, -0.05) is 0 Å². The van der Waals surface area contributed by atoms with Crippen molar-refractivity contribution in [1.82, 2.24) is 20.0 Å². The van der Waals surface area contributed by atoms with Crippen LogP contribution in [0.2, 0.25) is 0 Å². The van der Waals surface area contributed by atoms with Gasteiger partial charge in [0.05, 0.1) is 11.8 Å². The fourth-order valence-corrected chi connectivity index (χ4v) is 1.93. The number of carbonyl (C=O) groups is 1. The second-order valence-corrected chi connectivity index (χ2v) is 4.41. The summed E-state index contributed by atoms with van der Waals surface area (Å²) in [6.45, 7) is 2.60. The van der Waals surface area contributed by atoms with Crippen LogP contribution in [0.15, 0.2) is 12.4 Å². The van der Waals surface area contributed by atoms with Crippen molar-refractivity contribution >= 4 is 5.91 Å². The number of nitrogens with one attached hydrogen (secondary N) is 1. The molecule has 0 aromatic carbocycles. The highest BCUT2D eigenvalue weighted by molar-refractivity contribution is 5.75. The Morgan fingerprint density at radius 1 is 1.37 bits per heavy atom. The van der Waals surface area contributed by atoms with Crippen LogP contribution >= 0.6 is 0 Å². The third-order valence-electron chi connectivity index (χ3n) is 2.95. The van der Waals surface area contributed by atoms with Crippen molar-refractivity contribution in [2.75, 3.05) is 26.2 Å². The average molecular weight is 276 g/mol. The molecule has 1 fully saturated rings. The summed E-state index contributed by atoms with van der Waals surface area (Å²) < 4.78 is 38.2. The zero-order valence-electron chi connectivity index (χ0n) is 10.3. The lowest BCUT2D eigenvalue weighted by atomic mass is 10.3. The minimum atomic E-state index is -4.42. The Bertz CT molecular complexity index is 435. The molecule has 1 aliphatic heterocycles. The first kappa shape index (κ1) is 13.9. The van der Waals surface area contributed by atoms with E-state index in [-0.39, 0.29) is 12.5 Å². The van der Waals surface area contributed by atoms with Crippen LogP contribution < -0.4 is 5.32 Å². The molecule has 1 aliphatic rings. The summed E-state index contributed by atoms with van der Waals surface area (Å²) in [4.78, 5) is 13.6. The molecule has 1 N–H and O–H groups in total. The number of halogens is 3. The number of alkyl halides is 3. The molecule has 1 amide bonds. The van der Waals surface area contributed by atoms with Gasteiger partial charge in [-0.3, -0.25) is 9.48 Å². The summed E-state index contributed by atoms with van der Waals surface area (Å²) in [6.07, 6.45) is -1.99. The first-order valence-corrected chi connectivity index (χ1v) is 6.05. The molecular formula is C11H15F3N4O. The number of aromatic nitrogens is 2. The number of hydrogen-bond acceptors (Lipinski definition) is 3. The highest BCUT2D eigenvalue weighted by atomic mass is 19.4. The van der Waals surface area contributed by atoms with Crippen LogP contribution in [-0.4, -0.2) is 46.8 Å². The fourth-order valence-electron chi connectivity index (χ4n) is 1.93. The van der Waals surface area contributed by atoms with Crippen LogP contribution in [0.25, 0.3) is 0 Å². The van der Waals surface area contributed by atoms with Gasteiger partial charge in [-0.25, -0.2) is 0 Å². The molecular weight excluding hydrogens is 261 g/mol. The van der Waals surface area contributed by atoms with Crippen molar-refractivity contribution in [1.29, 1.82) is 0 Å². The third kappa shape index (κ3) is 3.69. The van der Waals surface area contributed by atoms with E-state index < -0.39 is 11.7 Å². The van der Waals surface area contributed by atoms with Gasteiger partial charge < -0.3 is 10.2 Å². The Hall–Kier alpha value is -1.57. The largest absolute Gasteiger partial charge is 0.419 e. The summed E-state index contributed by atoms with van der Waals surface area (Å²) in [5, 5.41) is 6.73. The van der Waals surface area contributed by atoms with E-state index in [0.29, 0.717) is 19.6 Å². The number of carbonyl (C=O) groups excluding carboxylic acids is 1. The average Bonchev–Trinajstić information content (AvgIpc) is 2.63. The molecule has 106 valence electrons. The minimum absolute atomic E-state index is 0.157. The number of rotatable bonds is 2. The van der Waals surface area contributed by atoms with Gasteiger partial charge in [-0.2, -0.15) is 18.3 Å². The first-order chi connectivity index (χ1) is 8.97. The summed E-state index contributed by atoms with van der Waals surface area (Å²) in [7, 11) is 0. The normalized spacial score (nSPS) is 17.3. The first-order valence-electron chi connectivity index (χ1n) is 6.05. The maximum atomic E-state index is 12.4. The standard InChI is InChI=1S/C11H15F3N4O/c12-11(13,14)9-6-16-18(7-9)8-10(19)17-4-1-2-15-3-5-17/h6-7,15H,1-5,8H2. The lowest BCUT2D eigenvalue weighted by molar-refractivity contribution is -0.138. The van der Waals surface area contributed by atoms with Crippen molar-refractivity contribution in [2.45, 2.75) is 19.1 Å². The zero-order valence-corrected chi connectivity index (χ0v) is 10.3. The summed E-state index contributed by atoms with van der Waals surface area (Å²) in [6, 6.07) is 0. The highest BCUT2D eigenvalue weighted by Gasteiger charge is 2.32. The van der Waals surface area contributed by atoms with Crippen molar-refractivity contribution < 1.29 is 18.0 Å². The molecule has 1 aromatic rings. The van der Waals surface area contributed by atoms with Crippen LogP contribution in [0, 0.1) is 0 Å². The van der Waals surface area contributed by atoms with Gasteiger partial charge in [0.15, 0.2) is 0 Å². The van der Waals surface area contributed by atoms with Gasteiger partial charge in [0.25, 0.3) is 0 Å². The maximum absolute atomic E-state index is 12.4. The molecule has 19 heavy (non-hydrogen) atoms. The Balaban J connectivity index is 1.96. The summed E-state index contributed by atoms with van der Waals surface area (Å²) in [5.74, 6) is -0.208. The van der Waals surface area contributed by atoms with E-state index in [1.807, 2.05) is 0 Å². The van der Waals surface area contributed by atoms with Crippen molar-refractivity contribution in [3.63, 3.8) is 0 Å². The third-order valence-corrected chi connectivity index (χ3v) is 2.95. The number of hydrogen-bond donors (Lipinski definition) is 1. The molecule has 0 saturated carbocycles. The number of amides is 1. The van der Waals surface area contributed by atoms with E-state index in [4.69, 9.17) is 0 Å². The monoisotopic (exact) mass is 276 g/mol. The Morgan fingerprint density at radius 3 is 2.84 bits per heavy atom. The second kappa shape index (κ2) is 5.60. The van der Waals surface area contributed by atoms with Gasteiger partial charge >= 0.3 is 6.18 Å². The Kier molecular flexibility index (Phi) is 4.08. The van der Waals surface area contributed by atoms with Gasteiger partial charge in [-0.15, -0.1) is 0 Å². The Labute approximate surface area is 108 Å². The highest BCUT2D eigenvalue weighted by Crippen LogP contribution is 2.28. The lowest BCUT2D eigenvalue weighted by Gasteiger charge is -2.19. The molecule has 5 nitrogen and oxygen atoms in total. The van der Waals surface area contributed by atoms with Crippen LogP contribution in [0.3, 0.4) is 0 Å². The molecule has 0 unspecified atom stereocenters. The van der Waals surface area contributed by atoms with Gasteiger partial charge in [0.1, 0.15) is 6.54 Å². The van der Waals surface area contributed by atoms with Gasteiger partial charge in [-0.05, 0) is 13.0 Å². The SMILES string of the molecule is O=C(Cn1cc(C(F)(F)F)cn1)N1CCCNCC1. The molecule has 0 spiro atoms. The molecule has 1 aromatic heterocycles. The van der Waals surface area contributed by atoms with Crippen LogP contribution in [0.4, 0.5) is 13.2 Å². The molecule has 1 saturated heterocycles. The molecule has 0 atom stereocenters. The maximum Gasteiger partial charge on any atom is 0.419 e. The predicted molar refractivity (Wildman–Crippen MR) is 61.3 cm³/mol. The molecule has 0 bridgehead atoms.